The predicted molar refractivity (Wildman–Crippen MR) is 54.7 cm³/mol. The number of carbonyl (C=O) groups is 1. The lowest BCUT2D eigenvalue weighted by atomic mass is 10.2. The highest BCUT2D eigenvalue weighted by Crippen LogP contribution is 2.30. The van der Waals surface area contributed by atoms with Gasteiger partial charge in [0, 0.05) is 10.6 Å². The summed E-state index contributed by atoms with van der Waals surface area (Å²) in [7, 11) is 0. The van der Waals surface area contributed by atoms with Crippen molar-refractivity contribution < 1.29 is 27.5 Å². The molecule has 0 spiro atoms. The van der Waals surface area contributed by atoms with Gasteiger partial charge in [-0.2, -0.15) is 13.2 Å². The summed E-state index contributed by atoms with van der Waals surface area (Å²) in [5, 5.41) is 8.27. The van der Waals surface area contributed by atoms with E-state index in [1.807, 2.05) is 0 Å². The van der Waals surface area contributed by atoms with Gasteiger partial charge in [0.2, 0.25) is 6.17 Å². The molecule has 1 unspecified atom stereocenters. The van der Waals surface area contributed by atoms with Gasteiger partial charge in [-0.1, -0.05) is 0 Å². The quantitative estimate of drug-likeness (QED) is 0.673. The van der Waals surface area contributed by atoms with E-state index < -0.39 is 23.9 Å². The van der Waals surface area contributed by atoms with E-state index in [9.17, 15) is 22.4 Å². The number of carboxylic acids is 1. The second-order valence-electron chi connectivity index (χ2n) is 3.14. The lowest BCUT2D eigenvalue weighted by Crippen LogP contribution is -2.16. The fraction of sp³-hybridized carbons (Fsp3) is 0.300. The van der Waals surface area contributed by atoms with Crippen LogP contribution in [-0.2, 0) is 11.0 Å². The molecule has 2 nitrogen and oxygen atoms in total. The first kappa shape index (κ1) is 13.8. The molecule has 0 saturated heterocycles. The molecule has 0 aliphatic rings. The van der Waals surface area contributed by atoms with Crippen molar-refractivity contribution in [1.82, 2.24) is 0 Å². The van der Waals surface area contributed by atoms with Gasteiger partial charge in [0.1, 0.15) is 0 Å². The van der Waals surface area contributed by atoms with Gasteiger partial charge in [0.25, 0.3) is 0 Å². The minimum atomic E-state index is -4.41. The smallest absolute Gasteiger partial charge is 0.416 e. The van der Waals surface area contributed by atoms with Crippen LogP contribution in [0.3, 0.4) is 0 Å². The summed E-state index contributed by atoms with van der Waals surface area (Å²) in [4.78, 5) is 10.6. The SMILES string of the molecule is O=C(O)C(F)CSc1ccc(C(F)(F)F)cc1. The van der Waals surface area contributed by atoms with Crippen LogP contribution < -0.4 is 0 Å². The Morgan fingerprint density at radius 3 is 2.24 bits per heavy atom. The van der Waals surface area contributed by atoms with Crippen molar-refractivity contribution in [3.05, 3.63) is 29.8 Å². The van der Waals surface area contributed by atoms with Crippen molar-refractivity contribution in [3.8, 4) is 0 Å². The number of carboxylic acid groups (broad SMARTS) is 1. The van der Waals surface area contributed by atoms with Crippen LogP contribution in [0, 0.1) is 0 Å². The number of thioether (sulfide) groups is 1. The molecule has 0 aliphatic heterocycles. The van der Waals surface area contributed by atoms with Gasteiger partial charge in [-0.3, -0.25) is 0 Å². The molecule has 0 fully saturated rings. The van der Waals surface area contributed by atoms with E-state index in [0.717, 1.165) is 23.9 Å². The van der Waals surface area contributed by atoms with E-state index in [0.29, 0.717) is 4.90 Å². The largest absolute Gasteiger partial charge is 0.479 e. The first-order valence-corrected chi connectivity index (χ1v) is 5.46. The van der Waals surface area contributed by atoms with E-state index in [1.165, 1.54) is 12.1 Å². The summed E-state index contributed by atoms with van der Waals surface area (Å²) < 4.78 is 49.3. The molecule has 94 valence electrons. The first-order valence-electron chi connectivity index (χ1n) is 4.47. The second-order valence-corrected chi connectivity index (χ2v) is 4.23. The molecule has 0 heterocycles. The molecule has 0 aliphatic carbocycles. The summed E-state index contributed by atoms with van der Waals surface area (Å²) in [6, 6.07) is 4.11. The average molecular weight is 268 g/mol. The fourth-order valence-corrected chi connectivity index (χ4v) is 1.79. The molecule has 0 bridgehead atoms. The Hall–Kier alpha value is -1.24. The van der Waals surface area contributed by atoms with Crippen LogP contribution in [0.5, 0.6) is 0 Å². The predicted octanol–water partition coefficient (Wildman–Crippen LogP) is 3.22. The molecule has 7 heteroatoms. The van der Waals surface area contributed by atoms with Crippen molar-refractivity contribution >= 4 is 17.7 Å². The van der Waals surface area contributed by atoms with Crippen molar-refractivity contribution in [2.24, 2.45) is 0 Å². The Balaban J connectivity index is 2.60. The van der Waals surface area contributed by atoms with Crippen molar-refractivity contribution in [1.29, 1.82) is 0 Å². The number of benzene rings is 1. The third-order valence-electron chi connectivity index (χ3n) is 1.85. The molecular weight excluding hydrogens is 260 g/mol. The molecular formula is C10H8F4O2S. The third-order valence-corrected chi connectivity index (χ3v) is 2.91. The summed E-state index contributed by atoms with van der Waals surface area (Å²) in [6.45, 7) is 0. The number of hydrogen-bond acceptors (Lipinski definition) is 2. The highest BCUT2D eigenvalue weighted by molar-refractivity contribution is 7.99. The maximum absolute atomic E-state index is 12.7. The molecule has 1 aromatic rings. The lowest BCUT2D eigenvalue weighted by Gasteiger charge is -2.07. The molecule has 0 amide bonds. The minimum absolute atomic E-state index is 0.333. The van der Waals surface area contributed by atoms with E-state index in [2.05, 4.69) is 0 Å². The number of alkyl halides is 4. The molecule has 0 aromatic heterocycles. The molecule has 1 aromatic carbocycles. The van der Waals surface area contributed by atoms with E-state index in [-0.39, 0.29) is 5.75 Å². The summed E-state index contributed by atoms with van der Waals surface area (Å²) >= 11 is 0.853. The topological polar surface area (TPSA) is 37.3 Å². The van der Waals surface area contributed by atoms with Crippen molar-refractivity contribution in [2.45, 2.75) is 17.2 Å². The van der Waals surface area contributed by atoms with Gasteiger partial charge in [0.05, 0.1) is 5.56 Å². The number of rotatable bonds is 4. The van der Waals surface area contributed by atoms with Crippen LogP contribution >= 0.6 is 11.8 Å². The lowest BCUT2D eigenvalue weighted by molar-refractivity contribution is -0.141. The van der Waals surface area contributed by atoms with Gasteiger partial charge in [-0.15, -0.1) is 11.8 Å². The molecule has 1 N–H and O–H groups in total. The zero-order valence-corrected chi connectivity index (χ0v) is 9.19. The van der Waals surface area contributed by atoms with Crippen LogP contribution in [0.25, 0.3) is 0 Å². The van der Waals surface area contributed by atoms with Crippen LogP contribution in [0.15, 0.2) is 29.2 Å². The first-order chi connectivity index (χ1) is 7.80. The van der Waals surface area contributed by atoms with Gasteiger partial charge in [-0.05, 0) is 24.3 Å². The van der Waals surface area contributed by atoms with Crippen molar-refractivity contribution in [2.75, 3.05) is 5.75 Å². The standard InChI is InChI=1S/C10H8F4O2S/c11-8(9(15)16)5-17-7-3-1-6(2-4-7)10(12,13)14/h1-4,8H,5H2,(H,15,16). The van der Waals surface area contributed by atoms with Crippen LogP contribution in [0.2, 0.25) is 0 Å². The zero-order valence-electron chi connectivity index (χ0n) is 8.37. The molecule has 0 radical (unpaired) electrons. The Morgan fingerprint density at radius 1 is 1.29 bits per heavy atom. The highest BCUT2D eigenvalue weighted by atomic mass is 32.2. The Morgan fingerprint density at radius 2 is 1.82 bits per heavy atom. The van der Waals surface area contributed by atoms with E-state index in [4.69, 9.17) is 5.11 Å². The fourth-order valence-electron chi connectivity index (χ4n) is 0.981. The minimum Gasteiger partial charge on any atom is -0.479 e. The Labute approximate surface area is 98.6 Å². The van der Waals surface area contributed by atoms with Crippen LogP contribution in [-0.4, -0.2) is 23.0 Å². The Bertz CT molecular complexity index is 388. The van der Waals surface area contributed by atoms with Gasteiger partial charge < -0.3 is 5.11 Å². The van der Waals surface area contributed by atoms with Crippen molar-refractivity contribution in [3.63, 3.8) is 0 Å². The number of hydrogen-bond donors (Lipinski definition) is 1. The average Bonchev–Trinajstić information content (AvgIpc) is 2.25. The molecule has 1 rings (SSSR count). The Kier molecular flexibility index (Phi) is 4.39. The van der Waals surface area contributed by atoms with E-state index >= 15 is 0 Å². The number of aliphatic carboxylic acids is 1. The zero-order chi connectivity index (χ0) is 13.1. The summed E-state index contributed by atoms with van der Waals surface area (Å²) in [5.41, 5.74) is -0.795. The maximum Gasteiger partial charge on any atom is 0.416 e. The van der Waals surface area contributed by atoms with Gasteiger partial charge in [0.15, 0.2) is 0 Å². The normalized spacial score (nSPS) is 13.4. The van der Waals surface area contributed by atoms with Gasteiger partial charge in [-0.25, -0.2) is 9.18 Å². The maximum atomic E-state index is 12.7. The molecule has 1 atom stereocenters. The summed E-state index contributed by atoms with van der Waals surface area (Å²) in [6.07, 6.45) is -6.44. The second kappa shape index (κ2) is 5.39. The molecule has 17 heavy (non-hydrogen) atoms. The number of halogens is 4. The highest BCUT2D eigenvalue weighted by Gasteiger charge is 2.30. The summed E-state index contributed by atoms with van der Waals surface area (Å²) in [5.74, 6) is -1.91. The molecule has 0 saturated carbocycles. The van der Waals surface area contributed by atoms with Crippen LogP contribution in [0.1, 0.15) is 5.56 Å². The van der Waals surface area contributed by atoms with E-state index in [1.54, 1.807) is 0 Å². The monoisotopic (exact) mass is 268 g/mol. The van der Waals surface area contributed by atoms with Gasteiger partial charge >= 0.3 is 12.1 Å². The van der Waals surface area contributed by atoms with Crippen LogP contribution in [0.4, 0.5) is 17.6 Å². The third kappa shape index (κ3) is 4.26.